The van der Waals surface area contributed by atoms with E-state index in [4.69, 9.17) is 0 Å². The maximum atomic E-state index is 2.28. The molecule has 0 aliphatic rings. The third-order valence-corrected chi connectivity index (χ3v) is 3.56. The Bertz CT molecular complexity index is 487. The predicted molar refractivity (Wildman–Crippen MR) is 77.5 cm³/mol. The topological polar surface area (TPSA) is 0 Å². The monoisotopic (exact) mass is 242 g/mol. The molecule has 88 valence electrons. The normalized spacial score (nSPS) is 10.2. The van der Waals surface area contributed by atoms with Gasteiger partial charge in [-0.1, -0.05) is 42.0 Å². The second-order valence-electron chi connectivity index (χ2n) is 4.56. The second kappa shape index (κ2) is 5.83. The van der Waals surface area contributed by atoms with E-state index in [2.05, 4.69) is 61.0 Å². The Morgan fingerprint density at radius 2 is 1.82 bits per heavy atom. The van der Waals surface area contributed by atoms with Crippen LogP contribution in [0.15, 0.2) is 46.7 Å². The lowest BCUT2D eigenvalue weighted by Crippen LogP contribution is -1.91. The van der Waals surface area contributed by atoms with Crippen LogP contribution < -0.4 is 0 Å². The molecule has 0 nitrogen and oxygen atoms in total. The highest BCUT2D eigenvalue weighted by molar-refractivity contribution is 7.08. The number of benzene rings is 1. The number of rotatable bonds is 4. The molecule has 0 aliphatic carbocycles. The summed E-state index contributed by atoms with van der Waals surface area (Å²) in [6.07, 6.45) is 4.53. The van der Waals surface area contributed by atoms with Crippen molar-refractivity contribution in [3.63, 3.8) is 0 Å². The molecule has 1 heteroatoms. The lowest BCUT2D eigenvalue weighted by molar-refractivity contribution is 0.963. The average Bonchev–Trinajstić information content (AvgIpc) is 2.74. The summed E-state index contributed by atoms with van der Waals surface area (Å²) in [7, 11) is 0. The van der Waals surface area contributed by atoms with Crippen LogP contribution in [-0.2, 0) is 12.8 Å². The minimum absolute atomic E-state index is 1.13. The molecule has 0 amide bonds. The summed E-state index contributed by atoms with van der Waals surface area (Å²) >= 11 is 1.80. The third-order valence-electron chi connectivity index (χ3n) is 2.75. The Kier molecular flexibility index (Phi) is 4.16. The van der Waals surface area contributed by atoms with Crippen molar-refractivity contribution in [3.8, 4) is 0 Å². The van der Waals surface area contributed by atoms with Gasteiger partial charge in [-0.15, -0.1) is 0 Å². The minimum Gasteiger partial charge on any atom is -0.152 e. The van der Waals surface area contributed by atoms with E-state index in [0.717, 1.165) is 12.8 Å². The average molecular weight is 242 g/mol. The highest BCUT2D eigenvalue weighted by Gasteiger charge is 2.02. The van der Waals surface area contributed by atoms with Crippen molar-refractivity contribution in [3.05, 3.63) is 63.4 Å². The first-order chi connectivity index (χ1) is 8.25. The van der Waals surface area contributed by atoms with Gasteiger partial charge in [0, 0.05) is 0 Å². The zero-order valence-corrected chi connectivity index (χ0v) is 11.3. The predicted octanol–water partition coefficient (Wildman–Crippen LogP) is 4.96. The van der Waals surface area contributed by atoms with Crippen molar-refractivity contribution >= 4 is 17.4 Å². The largest absolute Gasteiger partial charge is 0.152 e. The molecule has 2 rings (SSSR count). The second-order valence-corrected chi connectivity index (χ2v) is 5.30. The SMILES string of the molecule is CC(C)=Cc1cscc1CCc1ccccc1. The van der Waals surface area contributed by atoms with Crippen molar-refractivity contribution < 1.29 is 0 Å². The summed E-state index contributed by atoms with van der Waals surface area (Å²) < 4.78 is 0. The Labute approximate surface area is 108 Å². The van der Waals surface area contributed by atoms with Crippen LogP contribution in [0, 0.1) is 0 Å². The molecule has 0 spiro atoms. The Hall–Kier alpha value is -1.34. The van der Waals surface area contributed by atoms with E-state index in [0.29, 0.717) is 0 Å². The highest BCUT2D eigenvalue weighted by Crippen LogP contribution is 2.20. The first-order valence-corrected chi connectivity index (χ1v) is 6.94. The van der Waals surface area contributed by atoms with E-state index in [1.54, 1.807) is 11.3 Å². The smallest absolute Gasteiger partial charge is 0.00179 e. The van der Waals surface area contributed by atoms with Crippen molar-refractivity contribution in [1.82, 2.24) is 0 Å². The molecule has 0 saturated carbocycles. The van der Waals surface area contributed by atoms with Crippen LogP contribution in [0.5, 0.6) is 0 Å². The summed E-state index contributed by atoms with van der Waals surface area (Å²) in [5, 5.41) is 4.52. The van der Waals surface area contributed by atoms with Crippen LogP contribution in [0.1, 0.15) is 30.5 Å². The van der Waals surface area contributed by atoms with Crippen molar-refractivity contribution in [2.45, 2.75) is 26.7 Å². The fourth-order valence-electron chi connectivity index (χ4n) is 1.90. The van der Waals surface area contributed by atoms with Gasteiger partial charge in [0.1, 0.15) is 0 Å². The molecule has 0 fully saturated rings. The molecular formula is C16H18S. The van der Waals surface area contributed by atoms with Gasteiger partial charge in [-0.25, -0.2) is 0 Å². The maximum Gasteiger partial charge on any atom is -0.00179 e. The molecular weight excluding hydrogens is 224 g/mol. The van der Waals surface area contributed by atoms with Gasteiger partial charge in [0.25, 0.3) is 0 Å². The number of hydrogen-bond donors (Lipinski definition) is 0. The molecule has 0 atom stereocenters. The van der Waals surface area contributed by atoms with Gasteiger partial charge < -0.3 is 0 Å². The van der Waals surface area contributed by atoms with E-state index >= 15 is 0 Å². The first kappa shape index (κ1) is 12.1. The number of thiophene rings is 1. The lowest BCUT2D eigenvalue weighted by atomic mass is 10.0. The first-order valence-electron chi connectivity index (χ1n) is 5.99. The quantitative estimate of drug-likeness (QED) is 0.711. The molecule has 0 bridgehead atoms. The highest BCUT2D eigenvalue weighted by atomic mass is 32.1. The molecule has 2 aromatic rings. The fourth-order valence-corrected chi connectivity index (χ4v) is 2.75. The van der Waals surface area contributed by atoms with E-state index in [1.807, 2.05) is 0 Å². The fraction of sp³-hybridized carbons (Fsp3) is 0.250. The number of aryl methyl sites for hydroxylation is 2. The Morgan fingerprint density at radius 1 is 1.06 bits per heavy atom. The van der Waals surface area contributed by atoms with Crippen LogP contribution in [0.4, 0.5) is 0 Å². The van der Waals surface area contributed by atoms with Gasteiger partial charge in [-0.05, 0) is 54.1 Å². The third kappa shape index (κ3) is 3.57. The number of allylic oxidation sites excluding steroid dienone is 1. The standard InChI is InChI=1S/C16H18S/c1-13(2)10-16-12-17-11-15(16)9-8-14-6-4-3-5-7-14/h3-7,10-12H,8-9H2,1-2H3. The van der Waals surface area contributed by atoms with E-state index in [-0.39, 0.29) is 0 Å². The zero-order chi connectivity index (χ0) is 12.1. The van der Waals surface area contributed by atoms with Gasteiger partial charge in [0.15, 0.2) is 0 Å². The van der Waals surface area contributed by atoms with Crippen LogP contribution in [0.3, 0.4) is 0 Å². The zero-order valence-electron chi connectivity index (χ0n) is 10.4. The van der Waals surface area contributed by atoms with Gasteiger partial charge >= 0.3 is 0 Å². The van der Waals surface area contributed by atoms with E-state index < -0.39 is 0 Å². The van der Waals surface area contributed by atoms with Crippen molar-refractivity contribution in [2.24, 2.45) is 0 Å². The summed E-state index contributed by atoms with van der Waals surface area (Å²) in [6.45, 7) is 4.30. The molecule has 0 unspecified atom stereocenters. The Balaban J connectivity index is 2.05. The van der Waals surface area contributed by atoms with Crippen LogP contribution in [-0.4, -0.2) is 0 Å². The van der Waals surface area contributed by atoms with Crippen LogP contribution in [0.2, 0.25) is 0 Å². The van der Waals surface area contributed by atoms with Gasteiger partial charge in [0.05, 0.1) is 0 Å². The molecule has 1 heterocycles. The van der Waals surface area contributed by atoms with Crippen molar-refractivity contribution in [1.29, 1.82) is 0 Å². The summed E-state index contributed by atoms with van der Waals surface area (Å²) in [4.78, 5) is 0. The van der Waals surface area contributed by atoms with Crippen LogP contribution in [0.25, 0.3) is 6.08 Å². The van der Waals surface area contributed by atoms with Crippen molar-refractivity contribution in [2.75, 3.05) is 0 Å². The van der Waals surface area contributed by atoms with Gasteiger partial charge in [-0.2, -0.15) is 11.3 Å². The van der Waals surface area contributed by atoms with Crippen LogP contribution >= 0.6 is 11.3 Å². The molecule has 0 N–H and O–H groups in total. The summed E-state index contributed by atoms with van der Waals surface area (Å²) in [5.41, 5.74) is 5.65. The minimum atomic E-state index is 1.13. The molecule has 1 aromatic heterocycles. The van der Waals surface area contributed by atoms with Gasteiger partial charge in [0.2, 0.25) is 0 Å². The molecule has 0 aliphatic heterocycles. The molecule has 0 radical (unpaired) electrons. The summed E-state index contributed by atoms with van der Waals surface area (Å²) in [5.74, 6) is 0. The molecule has 0 saturated heterocycles. The maximum absolute atomic E-state index is 2.28. The van der Waals surface area contributed by atoms with E-state index in [1.165, 1.54) is 22.3 Å². The van der Waals surface area contributed by atoms with Gasteiger partial charge in [-0.3, -0.25) is 0 Å². The lowest BCUT2D eigenvalue weighted by Gasteiger charge is -2.02. The van der Waals surface area contributed by atoms with E-state index in [9.17, 15) is 0 Å². The molecule has 17 heavy (non-hydrogen) atoms. The Morgan fingerprint density at radius 3 is 2.53 bits per heavy atom. The molecule has 1 aromatic carbocycles. The number of hydrogen-bond acceptors (Lipinski definition) is 1. The summed E-state index contributed by atoms with van der Waals surface area (Å²) in [6, 6.07) is 10.7.